The van der Waals surface area contributed by atoms with Gasteiger partial charge in [-0.3, -0.25) is 4.79 Å². The Balaban J connectivity index is 2.13. The summed E-state index contributed by atoms with van der Waals surface area (Å²) in [6.07, 6.45) is 2.01. The molecule has 0 radical (unpaired) electrons. The first-order valence-electron chi connectivity index (χ1n) is 4.33. The number of amides is 1. The van der Waals surface area contributed by atoms with Gasteiger partial charge in [0.05, 0.1) is 6.61 Å². The van der Waals surface area contributed by atoms with Gasteiger partial charge in [-0.2, -0.15) is 0 Å². The van der Waals surface area contributed by atoms with Crippen LogP contribution in [0.15, 0.2) is 0 Å². The van der Waals surface area contributed by atoms with E-state index in [-0.39, 0.29) is 0 Å². The summed E-state index contributed by atoms with van der Waals surface area (Å²) in [6.45, 7) is 1.87. The van der Waals surface area contributed by atoms with Gasteiger partial charge in [0.1, 0.15) is 0 Å². The number of hydrogen-bond acceptors (Lipinski definition) is 2. The molecule has 13 heavy (non-hydrogen) atoms. The fourth-order valence-electron chi connectivity index (χ4n) is 1.29. The highest BCUT2D eigenvalue weighted by Gasteiger charge is 2.17. The van der Waals surface area contributed by atoms with Crippen LogP contribution in [0.5, 0.6) is 0 Å². The van der Waals surface area contributed by atoms with Crippen LogP contribution >= 0.6 is 11.6 Å². The van der Waals surface area contributed by atoms with Gasteiger partial charge in [0, 0.05) is 13.2 Å². The summed E-state index contributed by atoms with van der Waals surface area (Å²) in [5.74, 6) is -0.458. The van der Waals surface area contributed by atoms with Crippen molar-refractivity contribution >= 4 is 17.5 Å². The molecule has 1 aliphatic heterocycles. The summed E-state index contributed by atoms with van der Waals surface area (Å²) in [5.41, 5.74) is -1.94. The van der Waals surface area contributed by atoms with Crippen LogP contribution in [0.4, 0.5) is 4.39 Å². The average molecular weight is 210 g/mol. The highest BCUT2D eigenvalue weighted by atomic mass is 35.5. The highest BCUT2D eigenvalue weighted by Crippen LogP contribution is 2.12. The van der Waals surface area contributed by atoms with E-state index in [1.54, 1.807) is 0 Å². The maximum Gasteiger partial charge on any atom is 0.270 e. The van der Waals surface area contributed by atoms with Crippen molar-refractivity contribution in [1.29, 1.82) is 0 Å². The predicted molar refractivity (Wildman–Crippen MR) is 47.3 cm³/mol. The maximum absolute atomic E-state index is 12.2. The van der Waals surface area contributed by atoms with Gasteiger partial charge < -0.3 is 10.1 Å². The van der Waals surface area contributed by atoms with Gasteiger partial charge in [0.2, 0.25) is 0 Å². The highest BCUT2D eigenvalue weighted by molar-refractivity contribution is 6.29. The van der Waals surface area contributed by atoms with Crippen molar-refractivity contribution in [2.24, 2.45) is 5.92 Å². The Bertz CT molecular complexity index is 172. The molecule has 0 saturated carbocycles. The molecule has 5 heteroatoms. The van der Waals surface area contributed by atoms with E-state index in [4.69, 9.17) is 16.3 Å². The third kappa shape index (κ3) is 3.91. The molecular weight excluding hydrogens is 197 g/mol. The summed E-state index contributed by atoms with van der Waals surface area (Å²) in [5, 5.41) is 2.43. The Morgan fingerprint density at radius 1 is 1.77 bits per heavy atom. The van der Waals surface area contributed by atoms with Crippen LogP contribution in [0, 0.1) is 5.92 Å². The van der Waals surface area contributed by atoms with Crippen molar-refractivity contribution in [2.75, 3.05) is 19.8 Å². The molecule has 1 aliphatic rings. The number of hydrogen-bond donors (Lipinski definition) is 1. The first-order valence-corrected chi connectivity index (χ1v) is 4.77. The zero-order valence-electron chi connectivity index (χ0n) is 7.26. The lowest BCUT2D eigenvalue weighted by Crippen LogP contribution is -2.36. The van der Waals surface area contributed by atoms with Crippen LogP contribution in [-0.4, -0.2) is 31.3 Å². The molecule has 1 saturated heterocycles. The second kappa shape index (κ2) is 5.40. The molecule has 0 aromatic rings. The second-order valence-electron chi connectivity index (χ2n) is 3.13. The third-order valence-corrected chi connectivity index (χ3v) is 2.22. The van der Waals surface area contributed by atoms with E-state index in [9.17, 15) is 9.18 Å². The van der Waals surface area contributed by atoms with E-state index in [0.717, 1.165) is 19.4 Å². The summed E-state index contributed by atoms with van der Waals surface area (Å²) in [7, 11) is 0. The van der Waals surface area contributed by atoms with E-state index in [1.807, 2.05) is 0 Å². The number of ether oxygens (including phenoxy) is 1. The molecule has 2 atom stereocenters. The molecule has 0 spiro atoms. The van der Waals surface area contributed by atoms with Crippen LogP contribution in [0.1, 0.15) is 12.8 Å². The topological polar surface area (TPSA) is 38.3 Å². The SMILES string of the molecule is O=C(NCC1CCCOC1)C(F)Cl. The molecule has 2 unspecified atom stereocenters. The third-order valence-electron chi connectivity index (χ3n) is 2.02. The zero-order valence-corrected chi connectivity index (χ0v) is 8.02. The van der Waals surface area contributed by atoms with E-state index in [2.05, 4.69) is 5.32 Å². The van der Waals surface area contributed by atoms with Gasteiger partial charge in [0.25, 0.3) is 11.5 Å². The van der Waals surface area contributed by atoms with E-state index < -0.39 is 11.5 Å². The minimum atomic E-state index is -1.94. The molecule has 1 rings (SSSR count). The van der Waals surface area contributed by atoms with Crippen LogP contribution in [0.25, 0.3) is 0 Å². The monoisotopic (exact) mass is 209 g/mol. The number of carbonyl (C=O) groups is 1. The number of carbonyl (C=O) groups excluding carboxylic acids is 1. The van der Waals surface area contributed by atoms with Crippen LogP contribution < -0.4 is 5.32 Å². The minimum absolute atomic E-state index is 0.299. The predicted octanol–water partition coefficient (Wildman–Crippen LogP) is 1.06. The van der Waals surface area contributed by atoms with Crippen molar-refractivity contribution < 1.29 is 13.9 Å². The number of nitrogens with one attached hydrogen (secondary N) is 1. The summed E-state index contributed by atoms with van der Waals surface area (Å²) in [4.78, 5) is 10.7. The van der Waals surface area contributed by atoms with Crippen molar-refractivity contribution in [3.8, 4) is 0 Å². The molecule has 3 nitrogen and oxygen atoms in total. The summed E-state index contributed by atoms with van der Waals surface area (Å²) < 4.78 is 17.4. The number of halogens is 2. The Morgan fingerprint density at radius 2 is 2.54 bits per heavy atom. The molecule has 0 aliphatic carbocycles. The van der Waals surface area contributed by atoms with Gasteiger partial charge in [-0.05, 0) is 18.8 Å². The Hall–Kier alpha value is -0.350. The molecular formula is C8H13ClFNO2. The normalized spacial score (nSPS) is 25.2. The van der Waals surface area contributed by atoms with Crippen molar-refractivity contribution in [1.82, 2.24) is 5.32 Å². The fraction of sp³-hybridized carbons (Fsp3) is 0.875. The first-order chi connectivity index (χ1) is 6.20. The Kier molecular flexibility index (Phi) is 4.45. The Labute approximate surface area is 81.6 Å². The lowest BCUT2D eigenvalue weighted by Gasteiger charge is -2.22. The maximum atomic E-state index is 12.2. The van der Waals surface area contributed by atoms with Gasteiger partial charge in [0.15, 0.2) is 0 Å². The minimum Gasteiger partial charge on any atom is -0.381 e. The van der Waals surface area contributed by atoms with Gasteiger partial charge >= 0.3 is 0 Å². The lowest BCUT2D eigenvalue weighted by atomic mass is 10.0. The Morgan fingerprint density at radius 3 is 3.08 bits per heavy atom. The molecule has 1 heterocycles. The number of alkyl halides is 2. The summed E-state index contributed by atoms with van der Waals surface area (Å²) in [6, 6.07) is 0. The molecule has 1 amide bonds. The van der Waals surface area contributed by atoms with Gasteiger partial charge in [-0.1, -0.05) is 11.6 Å². The molecule has 0 bridgehead atoms. The van der Waals surface area contributed by atoms with E-state index in [0.29, 0.717) is 19.1 Å². The average Bonchev–Trinajstić information content (AvgIpc) is 2.15. The fourth-order valence-corrected chi connectivity index (χ4v) is 1.37. The summed E-state index contributed by atoms with van der Waals surface area (Å²) >= 11 is 4.94. The molecule has 0 aromatic carbocycles. The van der Waals surface area contributed by atoms with Crippen LogP contribution in [-0.2, 0) is 9.53 Å². The van der Waals surface area contributed by atoms with Crippen LogP contribution in [0.2, 0.25) is 0 Å². The largest absolute Gasteiger partial charge is 0.381 e. The number of rotatable bonds is 3. The zero-order chi connectivity index (χ0) is 9.68. The first kappa shape index (κ1) is 10.7. The second-order valence-corrected chi connectivity index (χ2v) is 3.51. The van der Waals surface area contributed by atoms with E-state index in [1.165, 1.54) is 0 Å². The quantitative estimate of drug-likeness (QED) is 0.706. The smallest absolute Gasteiger partial charge is 0.270 e. The molecule has 1 fully saturated rings. The standard InChI is InChI=1S/C8H13ClFNO2/c9-7(10)8(12)11-4-6-2-1-3-13-5-6/h6-7H,1-5H2,(H,11,12). The molecule has 76 valence electrons. The lowest BCUT2D eigenvalue weighted by molar-refractivity contribution is -0.123. The van der Waals surface area contributed by atoms with Crippen molar-refractivity contribution in [3.05, 3.63) is 0 Å². The van der Waals surface area contributed by atoms with Crippen LogP contribution in [0.3, 0.4) is 0 Å². The van der Waals surface area contributed by atoms with Crippen molar-refractivity contribution in [2.45, 2.75) is 18.5 Å². The molecule has 1 N–H and O–H groups in total. The van der Waals surface area contributed by atoms with Gasteiger partial charge in [-0.15, -0.1) is 0 Å². The van der Waals surface area contributed by atoms with Gasteiger partial charge in [-0.25, -0.2) is 4.39 Å². The van der Waals surface area contributed by atoms with E-state index >= 15 is 0 Å². The van der Waals surface area contributed by atoms with Crippen molar-refractivity contribution in [3.63, 3.8) is 0 Å². The molecule has 0 aromatic heterocycles.